The molecule has 0 saturated heterocycles. The van der Waals surface area contributed by atoms with Crippen molar-refractivity contribution in [1.29, 1.82) is 0 Å². The molecule has 0 aromatic heterocycles. The van der Waals surface area contributed by atoms with Crippen molar-refractivity contribution in [3.05, 3.63) is 33.3 Å². The average Bonchev–Trinajstić information content (AvgIpc) is 3.27. The Morgan fingerprint density at radius 2 is 2.20 bits per heavy atom. The Balaban J connectivity index is 2.09. The molecule has 1 aliphatic carbocycles. The number of hydrogen-bond acceptors (Lipinski definition) is 3. The van der Waals surface area contributed by atoms with Crippen molar-refractivity contribution in [3.63, 3.8) is 0 Å². The predicted octanol–water partition coefficient (Wildman–Crippen LogP) is 4.30. The van der Waals surface area contributed by atoms with Crippen molar-refractivity contribution < 1.29 is 9.47 Å². The summed E-state index contributed by atoms with van der Waals surface area (Å²) in [6.07, 6.45) is 2.49. The van der Waals surface area contributed by atoms with Crippen LogP contribution in [0.25, 0.3) is 0 Å². The second kappa shape index (κ2) is 7.41. The van der Waals surface area contributed by atoms with Gasteiger partial charge in [-0.05, 0) is 30.5 Å². The van der Waals surface area contributed by atoms with Crippen LogP contribution >= 0.6 is 34.8 Å². The minimum Gasteiger partial charge on any atom is -0.493 e. The molecule has 1 aromatic rings. The number of halogens is 3. The molecule has 0 unspecified atom stereocenters. The van der Waals surface area contributed by atoms with Gasteiger partial charge in [0, 0.05) is 18.1 Å². The lowest BCUT2D eigenvalue weighted by molar-refractivity contribution is 0.324. The predicted molar refractivity (Wildman–Crippen MR) is 83.1 cm³/mol. The molecule has 0 aliphatic heterocycles. The summed E-state index contributed by atoms with van der Waals surface area (Å²) in [5.74, 6) is 1.06. The van der Waals surface area contributed by atoms with Gasteiger partial charge in [-0.2, -0.15) is 0 Å². The minimum absolute atomic E-state index is 0.154. The van der Waals surface area contributed by atoms with Gasteiger partial charge in [0.15, 0.2) is 11.5 Å². The van der Waals surface area contributed by atoms with E-state index in [0.29, 0.717) is 27.6 Å². The third-order valence-electron chi connectivity index (χ3n) is 2.93. The zero-order valence-electron chi connectivity index (χ0n) is 11.1. The fraction of sp³-hybridized carbons (Fsp3) is 0.429. The molecule has 20 heavy (non-hydrogen) atoms. The molecule has 0 bridgehead atoms. The first-order valence-electron chi connectivity index (χ1n) is 6.31. The third-order valence-corrected chi connectivity index (χ3v) is 3.81. The van der Waals surface area contributed by atoms with E-state index >= 15 is 0 Å². The van der Waals surface area contributed by atoms with E-state index in [9.17, 15) is 0 Å². The summed E-state index contributed by atoms with van der Waals surface area (Å²) in [6.45, 7) is 0.921. The van der Waals surface area contributed by atoms with Crippen molar-refractivity contribution in [2.75, 3.05) is 13.7 Å². The number of ether oxygens (including phenoxy) is 2. The summed E-state index contributed by atoms with van der Waals surface area (Å²) in [5.41, 5.74) is 2.32. The van der Waals surface area contributed by atoms with Gasteiger partial charge in [-0.1, -0.05) is 34.8 Å². The van der Waals surface area contributed by atoms with Crippen LogP contribution in [-0.2, 0) is 6.54 Å². The monoisotopic (exact) mass is 335 g/mol. The summed E-state index contributed by atoms with van der Waals surface area (Å²) in [7, 11) is 1.58. The average molecular weight is 337 g/mol. The van der Waals surface area contributed by atoms with Crippen molar-refractivity contribution in [3.8, 4) is 11.5 Å². The standard InChI is InChI=1S/C14H16Cl3NO2/c1-19-13-5-9(7-18-11-2-3-11)4-12(17)14(13)20-8-10(16)6-15/h4-6,11,18H,2-3,7-8H2,1H3. The number of benzene rings is 1. The first kappa shape index (κ1) is 15.8. The molecule has 0 heterocycles. The Labute approximate surface area is 133 Å². The second-order valence-electron chi connectivity index (χ2n) is 4.61. The van der Waals surface area contributed by atoms with E-state index < -0.39 is 0 Å². The Hall–Kier alpha value is -0.610. The van der Waals surface area contributed by atoms with Crippen LogP contribution in [0.2, 0.25) is 5.02 Å². The quantitative estimate of drug-likeness (QED) is 0.805. The fourth-order valence-corrected chi connectivity index (χ4v) is 2.14. The molecule has 1 aromatic carbocycles. The largest absolute Gasteiger partial charge is 0.493 e. The first-order chi connectivity index (χ1) is 9.63. The Morgan fingerprint density at radius 3 is 2.80 bits per heavy atom. The lowest BCUT2D eigenvalue weighted by Crippen LogP contribution is -2.15. The summed E-state index contributed by atoms with van der Waals surface area (Å²) in [4.78, 5) is 0. The van der Waals surface area contributed by atoms with Crippen molar-refractivity contribution in [2.45, 2.75) is 25.4 Å². The molecule has 1 saturated carbocycles. The SMILES string of the molecule is COc1cc(CNC2CC2)cc(Cl)c1OCC(Cl)=CCl. The van der Waals surface area contributed by atoms with Gasteiger partial charge in [0.1, 0.15) is 6.61 Å². The Bertz CT molecular complexity index is 501. The molecule has 6 heteroatoms. The van der Waals surface area contributed by atoms with Gasteiger partial charge in [0.2, 0.25) is 0 Å². The highest BCUT2D eigenvalue weighted by Crippen LogP contribution is 2.37. The van der Waals surface area contributed by atoms with Gasteiger partial charge >= 0.3 is 0 Å². The molecule has 0 amide bonds. The zero-order chi connectivity index (χ0) is 14.5. The van der Waals surface area contributed by atoms with Crippen LogP contribution in [0.4, 0.5) is 0 Å². The maximum Gasteiger partial charge on any atom is 0.180 e. The maximum atomic E-state index is 6.24. The van der Waals surface area contributed by atoms with Crippen LogP contribution in [0.1, 0.15) is 18.4 Å². The molecule has 1 fully saturated rings. The third kappa shape index (κ3) is 4.45. The van der Waals surface area contributed by atoms with E-state index in [1.807, 2.05) is 12.1 Å². The Morgan fingerprint density at radius 1 is 1.45 bits per heavy atom. The number of rotatable bonds is 7. The molecule has 0 atom stereocenters. The fourth-order valence-electron chi connectivity index (χ4n) is 1.74. The van der Waals surface area contributed by atoms with Crippen LogP contribution in [0.3, 0.4) is 0 Å². The number of methoxy groups -OCH3 is 1. The molecular formula is C14H16Cl3NO2. The highest BCUT2D eigenvalue weighted by Gasteiger charge is 2.20. The van der Waals surface area contributed by atoms with E-state index in [1.165, 1.54) is 18.4 Å². The minimum atomic E-state index is 0.154. The van der Waals surface area contributed by atoms with E-state index in [1.54, 1.807) is 7.11 Å². The Kier molecular flexibility index (Phi) is 5.85. The second-order valence-corrected chi connectivity index (χ2v) is 5.72. The smallest absolute Gasteiger partial charge is 0.180 e. The van der Waals surface area contributed by atoms with Crippen LogP contribution in [0.15, 0.2) is 22.7 Å². The van der Waals surface area contributed by atoms with E-state index in [0.717, 1.165) is 12.1 Å². The highest BCUT2D eigenvalue weighted by molar-refractivity contribution is 6.36. The van der Waals surface area contributed by atoms with Crippen molar-refractivity contribution in [1.82, 2.24) is 5.32 Å². The summed E-state index contributed by atoms with van der Waals surface area (Å²) < 4.78 is 10.9. The highest BCUT2D eigenvalue weighted by atomic mass is 35.5. The number of hydrogen-bond donors (Lipinski definition) is 1. The topological polar surface area (TPSA) is 30.5 Å². The van der Waals surface area contributed by atoms with Crippen LogP contribution in [0.5, 0.6) is 11.5 Å². The molecule has 0 radical (unpaired) electrons. The molecule has 110 valence electrons. The lowest BCUT2D eigenvalue weighted by atomic mass is 10.2. The van der Waals surface area contributed by atoms with Crippen LogP contribution in [-0.4, -0.2) is 19.8 Å². The first-order valence-corrected chi connectivity index (χ1v) is 7.50. The van der Waals surface area contributed by atoms with E-state index in [4.69, 9.17) is 44.3 Å². The molecule has 1 N–H and O–H groups in total. The maximum absolute atomic E-state index is 6.24. The van der Waals surface area contributed by atoms with Gasteiger partial charge in [-0.3, -0.25) is 0 Å². The van der Waals surface area contributed by atoms with E-state index in [2.05, 4.69) is 5.32 Å². The summed E-state index contributed by atoms with van der Waals surface area (Å²) in [5, 5.41) is 4.32. The van der Waals surface area contributed by atoms with Gasteiger partial charge in [-0.15, -0.1) is 0 Å². The van der Waals surface area contributed by atoms with Gasteiger partial charge < -0.3 is 14.8 Å². The number of nitrogens with one attached hydrogen (secondary N) is 1. The zero-order valence-corrected chi connectivity index (χ0v) is 13.4. The van der Waals surface area contributed by atoms with Gasteiger partial charge in [-0.25, -0.2) is 0 Å². The molecular weight excluding hydrogens is 321 g/mol. The normalized spacial score (nSPS) is 15.3. The van der Waals surface area contributed by atoms with Crippen molar-refractivity contribution in [2.24, 2.45) is 0 Å². The molecule has 1 aliphatic rings. The molecule has 2 rings (SSSR count). The summed E-state index contributed by atoms with van der Waals surface area (Å²) >= 11 is 17.5. The van der Waals surface area contributed by atoms with Crippen LogP contribution in [0, 0.1) is 0 Å². The lowest BCUT2D eigenvalue weighted by Gasteiger charge is -2.14. The molecule has 3 nitrogen and oxygen atoms in total. The van der Waals surface area contributed by atoms with Gasteiger partial charge in [0.25, 0.3) is 0 Å². The van der Waals surface area contributed by atoms with Crippen LogP contribution < -0.4 is 14.8 Å². The van der Waals surface area contributed by atoms with E-state index in [-0.39, 0.29) is 6.61 Å². The van der Waals surface area contributed by atoms with Crippen molar-refractivity contribution >= 4 is 34.8 Å². The van der Waals surface area contributed by atoms with Gasteiger partial charge in [0.05, 0.1) is 17.2 Å². The summed E-state index contributed by atoms with van der Waals surface area (Å²) in [6, 6.07) is 4.42. The molecule has 0 spiro atoms.